The number of rotatable bonds is 2. The Hall–Kier alpha value is -0.670. The van der Waals surface area contributed by atoms with Crippen LogP contribution in [0.15, 0.2) is 0 Å². The first kappa shape index (κ1) is 10.3. The molecule has 0 aliphatic rings. The predicted molar refractivity (Wildman–Crippen MR) is 35.1 cm³/mol. The number of aliphatic hydroxyl groups is 4. The Balaban J connectivity index is 4.62. The summed E-state index contributed by atoms with van der Waals surface area (Å²) in [4.78, 5) is 0. The minimum absolute atomic E-state index is 1.08. The molecule has 0 saturated heterocycles. The van der Waals surface area contributed by atoms with Crippen molar-refractivity contribution in [2.45, 2.75) is 31.3 Å². The molecule has 4 N–H and O–H groups in total. The van der Waals surface area contributed by atoms with Gasteiger partial charge < -0.3 is 20.4 Å². The highest BCUT2D eigenvalue weighted by Crippen LogP contribution is 2.21. The topological polar surface area (TPSA) is 105 Å². The Bertz CT molecular complexity index is 176. The molecule has 0 amide bonds. The molecule has 64 valence electrons. The average Bonchev–Trinajstić information content (AvgIpc) is 1.83. The molecule has 0 saturated carbocycles. The Morgan fingerprint density at radius 1 is 1.27 bits per heavy atom. The molecule has 1 atom stereocenters. The summed E-state index contributed by atoms with van der Waals surface area (Å²) in [5.74, 6) is -2.80. The first-order valence-electron chi connectivity index (χ1n) is 2.98. The molecule has 0 radical (unpaired) electrons. The second-order valence-electron chi connectivity index (χ2n) is 2.82. The molecule has 11 heavy (non-hydrogen) atoms. The van der Waals surface area contributed by atoms with Gasteiger partial charge in [-0.15, -0.1) is 0 Å². The van der Waals surface area contributed by atoms with Crippen LogP contribution in [0.4, 0.5) is 0 Å². The first-order chi connectivity index (χ1) is 4.73. The lowest BCUT2D eigenvalue weighted by atomic mass is 9.93. The summed E-state index contributed by atoms with van der Waals surface area (Å²) in [5.41, 5.74) is -1.94. The third-order valence-corrected chi connectivity index (χ3v) is 1.40. The van der Waals surface area contributed by atoms with Gasteiger partial charge in [0.25, 0.3) is 0 Å². The van der Waals surface area contributed by atoms with E-state index in [0.29, 0.717) is 0 Å². The van der Waals surface area contributed by atoms with Gasteiger partial charge in [0.05, 0.1) is 6.07 Å². The third-order valence-electron chi connectivity index (χ3n) is 1.40. The van der Waals surface area contributed by atoms with Crippen LogP contribution in [-0.4, -0.2) is 37.9 Å². The van der Waals surface area contributed by atoms with Gasteiger partial charge in [0.2, 0.25) is 5.79 Å². The number of hydrogen-bond acceptors (Lipinski definition) is 5. The van der Waals surface area contributed by atoms with E-state index in [9.17, 15) is 0 Å². The second kappa shape index (κ2) is 2.75. The van der Waals surface area contributed by atoms with Gasteiger partial charge in [-0.3, -0.25) is 0 Å². The molecule has 0 aliphatic heterocycles. The number of nitriles is 1. The summed E-state index contributed by atoms with van der Waals surface area (Å²) in [6, 6.07) is 1.21. The molecule has 0 fully saturated rings. The highest BCUT2D eigenvalue weighted by Gasteiger charge is 2.47. The fraction of sp³-hybridized carbons (Fsp3) is 0.833. The maximum absolute atomic E-state index is 9.04. The van der Waals surface area contributed by atoms with Crippen molar-refractivity contribution in [3.8, 4) is 6.07 Å². The summed E-state index contributed by atoms with van der Waals surface area (Å²) in [5, 5.41) is 43.7. The van der Waals surface area contributed by atoms with Crippen LogP contribution in [-0.2, 0) is 0 Å². The molecule has 0 spiro atoms. The van der Waals surface area contributed by atoms with Gasteiger partial charge in [0, 0.05) is 0 Å². The Labute approximate surface area is 64.1 Å². The Kier molecular flexibility index (Phi) is 2.59. The van der Waals surface area contributed by atoms with Crippen LogP contribution in [0.1, 0.15) is 13.8 Å². The monoisotopic (exact) mass is 161 g/mol. The van der Waals surface area contributed by atoms with Gasteiger partial charge in [-0.1, -0.05) is 0 Å². The zero-order valence-electron chi connectivity index (χ0n) is 6.31. The van der Waals surface area contributed by atoms with Gasteiger partial charge in [0.1, 0.15) is 5.60 Å². The van der Waals surface area contributed by atoms with Crippen LogP contribution in [0.2, 0.25) is 0 Å². The van der Waals surface area contributed by atoms with Crippen LogP contribution in [0.25, 0.3) is 0 Å². The molecule has 0 bridgehead atoms. The Morgan fingerprint density at radius 2 is 1.64 bits per heavy atom. The van der Waals surface area contributed by atoms with E-state index in [-0.39, 0.29) is 0 Å². The van der Waals surface area contributed by atoms with Gasteiger partial charge in [-0.25, -0.2) is 0 Å². The zero-order valence-corrected chi connectivity index (χ0v) is 6.31. The standard InChI is InChI=1S/C6H11NO4/c1-5(2,9)6(10,11)4(8)3-7/h4,8-11H,1-2H3. The maximum atomic E-state index is 9.04. The number of aliphatic hydroxyl groups excluding tert-OH is 1. The van der Waals surface area contributed by atoms with Crippen molar-refractivity contribution in [2.24, 2.45) is 0 Å². The van der Waals surface area contributed by atoms with Crippen LogP contribution in [0.3, 0.4) is 0 Å². The molecule has 0 rings (SSSR count). The summed E-state index contributed by atoms with van der Waals surface area (Å²) in [7, 11) is 0. The SMILES string of the molecule is CC(C)(O)C(O)(O)C(O)C#N. The van der Waals surface area contributed by atoms with Crippen LogP contribution in [0.5, 0.6) is 0 Å². The van der Waals surface area contributed by atoms with Crippen molar-refractivity contribution in [1.29, 1.82) is 5.26 Å². The lowest BCUT2D eigenvalue weighted by Gasteiger charge is -2.34. The lowest BCUT2D eigenvalue weighted by molar-refractivity contribution is -0.294. The van der Waals surface area contributed by atoms with Gasteiger partial charge in [0.15, 0.2) is 6.10 Å². The van der Waals surface area contributed by atoms with Crippen molar-refractivity contribution in [1.82, 2.24) is 0 Å². The quantitative estimate of drug-likeness (QED) is 0.286. The van der Waals surface area contributed by atoms with Crippen molar-refractivity contribution in [3.63, 3.8) is 0 Å². The zero-order chi connectivity index (χ0) is 9.28. The predicted octanol–water partition coefficient (Wildman–Crippen LogP) is -1.68. The summed E-state index contributed by atoms with van der Waals surface area (Å²) in [6.07, 6.45) is -2.03. The van der Waals surface area contributed by atoms with E-state index in [1.165, 1.54) is 6.07 Å². The fourth-order valence-corrected chi connectivity index (χ4v) is 0.425. The lowest BCUT2D eigenvalue weighted by Crippen LogP contribution is -2.57. The second-order valence-corrected chi connectivity index (χ2v) is 2.82. The van der Waals surface area contributed by atoms with Crippen LogP contribution >= 0.6 is 0 Å². The summed E-state index contributed by atoms with van der Waals surface area (Å²) in [6.45, 7) is 2.15. The van der Waals surface area contributed by atoms with Crippen LogP contribution in [0, 0.1) is 11.3 Å². The van der Waals surface area contributed by atoms with Crippen molar-refractivity contribution in [3.05, 3.63) is 0 Å². The highest BCUT2D eigenvalue weighted by molar-refractivity contribution is 5.00. The third kappa shape index (κ3) is 1.88. The molecule has 0 aromatic rings. The molecule has 0 aliphatic carbocycles. The molecular formula is C6H11NO4. The normalized spacial score (nSPS) is 15.7. The number of hydrogen-bond donors (Lipinski definition) is 4. The van der Waals surface area contributed by atoms with Crippen molar-refractivity contribution < 1.29 is 20.4 Å². The fourth-order valence-electron chi connectivity index (χ4n) is 0.425. The summed E-state index contributed by atoms with van der Waals surface area (Å²) < 4.78 is 0. The highest BCUT2D eigenvalue weighted by atomic mass is 16.5. The van der Waals surface area contributed by atoms with Crippen LogP contribution < -0.4 is 0 Å². The van der Waals surface area contributed by atoms with E-state index < -0.39 is 17.5 Å². The number of nitrogens with zero attached hydrogens (tertiary/aromatic N) is 1. The van der Waals surface area contributed by atoms with E-state index >= 15 is 0 Å². The van der Waals surface area contributed by atoms with E-state index in [1.807, 2.05) is 0 Å². The molecular weight excluding hydrogens is 150 g/mol. The largest absolute Gasteiger partial charge is 0.385 e. The molecule has 0 aromatic carbocycles. The van der Waals surface area contributed by atoms with E-state index in [0.717, 1.165) is 13.8 Å². The van der Waals surface area contributed by atoms with Gasteiger partial charge in [-0.05, 0) is 13.8 Å². The molecule has 0 aromatic heterocycles. The van der Waals surface area contributed by atoms with E-state index in [2.05, 4.69) is 0 Å². The van der Waals surface area contributed by atoms with E-state index in [1.54, 1.807) is 0 Å². The molecule has 5 heteroatoms. The summed E-state index contributed by atoms with van der Waals surface area (Å²) >= 11 is 0. The molecule has 1 unspecified atom stereocenters. The molecule has 5 nitrogen and oxygen atoms in total. The maximum Gasteiger partial charge on any atom is 0.232 e. The minimum atomic E-state index is -2.80. The van der Waals surface area contributed by atoms with Gasteiger partial charge in [-0.2, -0.15) is 5.26 Å². The van der Waals surface area contributed by atoms with Crippen molar-refractivity contribution in [2.75, 3.05) is 0 Å². The smallest absolute Gasteiger partial charge is 0.232 e. The average molecular weight is 161 g/mol. The minimum Gasteiger partial charge on any atom is -0.385 e. The Morgan fingerprint density at radius 3 is 1.73 bits per heavy atom. The first-order valence-corrected chi connectivity index (χ1v) is 2.98. The van der Waals surface area contributed by atoms with Crippen molar-refractivity contribution >= 4 is 0 Å². The molecule has 0 heterocycles. The van der Waals surface area contributed by atoms with Gasteiger partial charge >= 0.3 is 0 Å². The van der Waals surface area contributed by atoms with E-state index in [4.69, 9.17) is 25.7 Å².